The first kappa shape index (κ1) is 10.6. The van der Waals surface area contributed by atoms with Crippen molar-refractivity contribution in [2.24, 2.45) is 0 Å². The number of carbonyl (C=O) groups excluding carboxylic acids is 2. The van der Waals surface area contributed by atoms with Crippen LogP contribution in [-0.4, -0.2) is 35.1 Å². The zero-order valence-electron chi connectivity index (χ0n) is 7.73. The molecule has 0 saturated heterocycles. The zero-order chi connectivity index (χ0) is 10.6. The molecule has 1 aromatic rings. The molecule has 76 valence electrons. The van der Waals surface area contributed by atoms with Crippen LogP contribution in [-0.2, 0) is 9.53 Å². The van der Waals surface area contributed by atoms with Crippen molar-refractivity contribution < 1.29 is 14.3 Å². The van der Waals surface area contributed by atoms with Gasteiger partial charge < -0.3 is 10.1 Å². The molecule has 0 bridgehead atoms. The van der Waals surface area contributed by atoms with E-state index in [1.165, 1.54) is 7.11 Å². The van der Waals surface area contributed by atoms with Crippen molar-refractivity contribution in [1.82, 2.24) is 14.9 Å². The minimum absolute atomic E-state index is 0.146. The second-order valence-corrected chi connectivity index (χ2v) is 3.20. The number of hydrogen-bond donors (Lipinski definition) is 1. The van der Waals surface area contributed by atoms with E-state index in [0.717, 1.165) is 11.5 Å². The number of hydrogen-bond acceptors (Lipinski definition) is 6. The lowest BCUT2D eigenvalue weighted by molar-refractivity contribution is -0.139. The third-order valence-electron chi connectivity index (χ3n) is 1.48. The van der Waals surface area contributed by atoms with Crippen molar-refractivity contribution in [1.29, 1.82) is 0 Å². The fourth-order valence-corrected chi connectivity index (χ4v) is 1.32. The van der Waals surface area contributed by atoms with Gasteiger partial charge in [0.05, 0.1) is 12.8 Å². The molecule has 6 nitrogen and oxygen atoms in total. The Labute approximate surface area is 84.4 Å². The van der Waals surface area contributed by atoms with Gasteiger partial charge in [0.15, 0.2) is 0 Å². The van der Waals surface area contributed by atoms with E-state index in [2.05, 4.69) is 19.6 Å². The van der Waals surface area contributed by atoms with Crippen LogP contribution >= 0.6 is 11.5 Å². The lowest BCUT2D eigenvalue weighted by atomic mass is 10.4. The fourth-order valence-electron chi connectivity index (χ4n) is 0.745. The maximum absolute atomic E-state index is 11.4. The Morgan fingerprint density at radius 3 is 2.79 bits per heavy atom. The summed E-state index contributed by atoms with van der Waals surface area (Å²) in [6.07, 6.45) is 0. The number of carbonyl (C=O) groups is 2. The summed E-state index contributed by atoms with van der Waals surface area (Å²) in [7, 11) is 1.26. The number of amides is 1. The third-order valence-corrected chi connectivity index (χ3v) is 2.31. The lowest BCUT2D eigenvalue weighted by Gasteiger charge is -2.00. The molecular formula is C7H9N3O3S. The molecular weight excluding hydrogens is 206 g/mol. The van der Waals surface area contributed by atoms with Crippen LogP contribution in [0.3, 0.4) is 0 Å². The number of aryl methyl sites for hydroxylation is 1. The van der Waals surface area contributed by atoms with Gasteiger partial charge in [-0.3, -0.25) is 9.59 Å². The fraction of sp³-hybridized carbons (Fsp3) is 0.429. The van der Waals surface area contributed by atoms with E-state index in [1.54, 1.807) is 6.92 Å². The Morgan fingerprint density at radius 2 is 2.29 bits per heavy atom. The van der Waals surface area contributed by atoms with Gasteiger partial charge in [-0.05, 0) is 18.5 Å². The summed E-state index contributed by atoms with van der Waals surface area (Å²) in [6, 6.07) is 0. The molecule has 1 aromatic heterocycles. The monoisotopic (exact) mass is 215 g/mol. The van der Waals surface area contributed by atoms with Gasteiger partial charge >= 0.3 is 5.97 Å². The maximum Gasteiger partial charge on any atom is 0.325 e. The summed E-state index contributed by atoms with van der Waals surface area (Å²) < 4.78 is 7.97. The topological polar surface area (TPSA) is 81.2 Å². The number of aromatic nitrogens is 2. The van der Waals surface area contributed by atoms with Gasteiger partial charge in [0.2, 0.25) is 0 Å². The molecule has 0 radical (unpaired) electrons. The van der Waals surface area contributed by atoms with E-state index in [9.17, 15) is 9.59 Å². The third kappa shape index (κ3) is 2.49. The van der Waals surface area contributed by atoms with Crippen LogP contribution in [0.1, 0.15) is 15.4 Å². The highest BCUT2D eigenvalue weighted by atomic mass is 32.1. The average molecular weight is 215 g/mol. The van der Waals surface area contributed by atoms with Gasteiger partial charge in [0.25, 0.3) is 5.91 Å². The van der Waals surface area contributed by atoms with Crippen molar-refractivity contribution in [3.63, 3.8) is 0 Å². The van der Waals surface area contributed by atoms with Crippen LogP contribution in [0.4, 0.5) is 0 Å². The zero-order valence-corrected chi connectivity index (χ0v) is 8.55. The molecule has 0 aliphatic carbocycles. The summed E-state index contributed by atoms with van der Waals surface area (Å²) >= 11 is 0.992. The molecule has 0 aromatic carbocycles. The van der Waals surface area contributed by atoms with E-state index in [-0.39, 0.29) is 12.5 Å². The second-order valence-electron chi connectivity index (χ2n) is 2.45. The first-order valence-corrected chi connectivity index (χ1v) is 4.56. The van der Waals surface area contributed by atoms with E-state index in [0.29, 0.717) is 10.6 Å². The number of rotatable bonds is 3. The molecule has 1 N–H and O–H groups in total. The maximum atomic E-state index is 11.4. The minimum atomic E-state index is -0.492. The average Bonchev–Trinajstić information content (AvgIpc) is 2.60. The lowest BCUT2D eigenvalue weighted by Crippen LogP contribution is -2.29. The van der Waals surface area contributed by atoms with Crippen LogP contribution in [0.2, 0.25) is 0 Å². The molecule has 1 rings (SSSR count). The predicted molar refractivity (Wildman–Crippen MR) is 49.0 cm³/mol. The van der Waals surface area contributed by atoms with Crippen molar-refractivity contribution in [3.8, 4) is 0 Å². The number of methoxy groups -OCH3 is 1. The van der Waals surface area contributed by atoms with E-state index in [1.807, 2.05) is 0 Å². The quantitative estimate of drug-likeness (QED) is 0.703. The normalized spacial score (nSPS) is 9.57. The van der Waals surface area contributed by atoms with Crippen LogP contribution in [0.25, 0.3) is 0 Å². The molecule has 14 heavy (non-hydrogen) atoms. The highest BCUT2D eigenvalue weighted by Crippen LogP contribution is 2.07. The van der Waals surface area contributed by atoms with Crippen LogP contribution in [0.15, 0.2) is 0 Å². The summed E-state index contributed by atoms with van der Waals surface area (Å²) in [5.74, 6) is -0.851. The van der Waals surface area contributed by atoms with Gasteiger partial charge in [-0.25, -0.2) is 0 Å². The summed E-state index contributed by atoms with van der Waals surface area (Å²) in [5.41, 5.74) is 0.553. The van der Waals surface area contributed by atoms with Crippen molar-refractivity contribution in [2.45, 2.75) is 6.92 Å². The second kappa shape index (κ2) is 4.66. The Balaban J connectivity index is 2.52. The van der Waals surface area contributed by atoms with E-state index in [4.69, 9.17) is 0 Å². The smallest absolute Gasteiger partial charge is 0.325 e. The largest absolute Gasteiger partial charge is 0.468 e. The minimum Gasteiger partial charge on any atom is -0.468 e. The molecule has 0 fully saturated rings. The Hall–Kier alpha value is -1.50. The standard InChI is InChI=1S/C7H9N3O3S/c1-4-6(14-10-9-4)7(12)8-3-5(11)13-2/h3H2,1-2H3,(H,8,12). The Morgan fingerprint density at radius 1 is 1.57 bits per heavy atom. The summed E-state index contributed by atoms with van der Waals surface area (Å²) in [6.45, 7) is 1.53. The van der Waals surface area contributed by atoms with Crippen molar-refractivity contribution in [2.75, 3.05) is 13.7 Å². The number of ether oxygens (including phenoxy) is 1. The van der Waals surface area contributed by atoms with Gasteiger partial charge in [0.1, 0.15) is 11.4 Å². The van der Waals surface area contributed by atoms with Gasteiger partial charge in [-0.1, -0.05) is 4.49 Å². The number of nitrogens with zero attached hydrogens (tertiary/aromatic N) is 2. The molecule has 7 heteroatoms. The van der Waals surface area contributed by atoms with Gasteiger partial charge in [-0.2, -0.15) is 0 Å². The van der Waals surface area contributed by atoms with Crippen LogP contribution < -0.4 is 5.32 Å². The van der Waals surface area contributed by atoms with Gasteiger partial charge in [0, 0.05) is 0 Å². The Kier molecular flexibility index (Phi) is 3.52. The molecule has 0 spiro atoms. The first-order chi connectivity index (χ1) is 6.65. The molecule has 0 unspecified atom stereocenters. The molecule has 0 aliphatic heterocycles. The molecule has 0 saturated carbocycles. The van der Waals surface area contributed by atoms with Crippen LogP contribution in [0, 0.1) is 6.92 Å². The molecule has 1 amide bonds. The van der Waals surface area contributed by atoms with Crippen molar-refractivity contribution >= 4 is 23.4 Å². The molecule has 0 atom stereocenters. The molecule has 0 aliphatic rings. The van der Waals surface area contributed by atoms with Crippen molar-refractivity contribution in [3.05, 3.63) is 10.6 Å². The summed E-state index contributed by atoms with van der Waals surface area (Å²) in [4.78, 5) is 22.5. The Bertz CT molecular complexity index is 350. The number of esters is 1. The molecule has 1 heterocycles. The highest BCUT2D eigenvalue weighted by molar-refractivity contribution is 7.08. The SMILES string of the molecule is COC(=O)CNC(=O)c1snnc1C. The van der Waals surface area contributed by atoms with Crippen LogP contribution in [0.5, 0.6) is 0 Å². The predicted octanol–water partition coefficient (Wildman–Crippen LogP) is -0.251. The highest BCUT2D eigenvalue weighted by Gasteiger charge is 2.13. The van der Waals surface area contributed by atoms with E-state index < -0.39 is 5.97 Å². The first-order valence-electron chi connectivity index (χ1n) is 3.79. The van der Waals surface area contributed by atoms with E-state index >= 15 is 0 Å². The summed E-state index contributed by atoms with van der Waals surface area (Å²) in [5, 5.41) is 6.07. The number of nitrogens with one attached hydrogen (secondary N) is 1. The van der Waals surface area contributed by atoms with Gasteiger partial charge in [-0.15, -0.1) is 5.10 Å².